The summed E-state index contributed by atoms with van der Waals surface area (Å²) in [5, 5.41) is 2.96. The Bertz CT molecular complexity index is 511. The summed E-state index contributed by atoms with van der Waals surface area (Å²) in [6, 6.07) is 5.75. The molecule has 130 valence electrons. The Morgan fingerprint density at radius 3 is 2.65 bits per heavy atom. The average molecular weight is 343 g/mol. The van der Waals surface area contributed by atoms with Crippen molar-refractivity contribution in [2.24, 2.45) is 11.7 Å². The quantitative estimate of drug-likeness (QED) is 0.833. The number of rotatable bonds is 6. The van der Waals surface area contributed by atoms with Gasteiger partial charge in [0, 0.05) is 30.6 Å². The molecule has 1 saturated carbocycles. The van der Waals surface area contributed by atoms with Crippen molar-refractivity contribution in [3.05, 3.63) is 23.8 Å². The van der Waals surface area contributed by atoms with Crippen LogP contribution in [0.25, 0.3) is 0 Å². The SMILES string of the molecule is COc1ccc(CNC(=O)CC2CCCCC2N)c(OC)c1.Cl. The van der Waals surface area contributed by atoms with Gasteiger partial charge in [-0.2, -0.15) is 0 Å². The van der Waals surface area contributed by atoms with E-state index in [1.165, 1.54) is 12.8 Å². The number of halogens is 1. The smallest absolute Gasteiger partial charge is 0.220 e. The van der Waals surface area contributed by atoms with Crippen LogP contribution in [0, 0.1) is 5.92 Å². The minimum Gasteiger partial charge on any atom is -0.497 e. The highest BCUT2D eigenvalue weighted by atomic mass is 35.5. The molecule has 5 nitrogen and oxygen atoms in total. The van der Waals surface area contributed by atoms with Crippen molar-refractivity contribution in [3.8, 4) is 11.5 Å². The Morgan fingerprint density at radius 2 is 2.00 bits per heavy atom. The maximum absolute atomic E-state index is 12.1. The van der Waals surface area contributed by atoms with Crippen molar-refractivity contribution < 1.29 is 14.3 Å². The Labute approximate surface area is 144 Å². The maximum Gasteiger partial charge on any atom is 0.220 e. The number of nitrogens with two attached hydrogens (primary N) is 1. The summed E-state index contributed by atoms with van der Waals surface area (Å²) >= 11 is 0. The maximum atomic E-state index is 12.1. The summed E-state index contributed by atoms with van der Waals surface area (Å²) in [7, 11) is 3.23. The van der Waals surface area contributed by atoms with E-state index in [1.54, 1.807) is 14.2 Å². The lowest BCUT2D eigenvalue weighted by Crippen LogP contribution is -2.37. The number of methoxy groups -OCH3 is 2. The second-order valence-corrected chi connectivity index (χ2v) is 5.87. The third kappa shape index (κ3) is 5.59. The first-order valence-electron chi connectivity index (χ1n) is 7.87. The number of carbonyl (C=O) groups is 1. The number of ether oxygens (including phenoxy) is 2. The van der Waals surface area contributed by atoms with Crippen molar-refractivity contribution in [2.45, 2.75) is 44.7 Å². The van der Waals surface area contributed by atoms with Gasteiger partial charge in [0.25, 0.3) is 0 Å². The first kappa shape index (κ1) is 19.6. The van der Waals surface area contributed by atoms with E-state index in [0.717, 1.165) is 24.2 Å². The molecule has 1 aromatic rings. The van der Waals surface area contributed by atoms with Gasteiger partial charge in [-0.25, -0.2) is 0 Å². The molecule has 3 N–H and O–H groups in total. The highest BCUT2D eigenvalue weighted by Crippen LogP contribution is 2.26. The lowest BCUT2D eigenvalue weighted by atomic mass is 9.83. The van der Waals surface area contributed by atoms with E-state index in [9.17, 15) is 4.79 Å². The number of nitrogens with one attached hydrogen (secondary N) is 1. The molecule has 0 saturated heterocycles. The highest BCUT2D eigenvalue weighted by molar-refractivity contribution is 5.85. The standard InChI is InChI=1S/C17H26N2O3.ClH/c1-21-14-8-7-13(16(10-14)22-2)11-19-17(20)9-12-5-3-4-6-15(12)18;/h7-8,10,12,15H,3-6,9,11,18H2,1-2H3,(H,19,20);1H. The molecular weight excluding hydrogens is 316 g/mol. The average Bonchev–Trinajstić information content (AvgIpc) is 2.55. The number of benzene rings is 1. The van der Waals surface area contributed by atoms with Crippen molar-refractivity contribution in [2.75, 3.05) is 14.2 Å². The molecule has 6 heteroatoms. The largest absolute Gasteiger partial charge is 0.497 e. The van der Waals surface area contributed by atoms with Gasteiger partial charge >= 0.3 is 0 Å². The van der Waals surface area contributed by atoms with E-state index in [4.69, 9.17) is 15.2 Å². The summed E-state index contributed by atoms with van der Waals surface area (Å²) in [5.41, 5.74) is 7.03. The molecule has 2 unspecified atom stereocenters. The van der Waals surface area contributed by atoms with Gasteiger partial charge in [-0.3, -0.25) is 4.79 Å². The lowest BCUT2D eigenvalue weighted by Gasteiger charge is -2.28. The van der Waals surface area contributed by atoms with E-state index < -0.39 is 0 Å². The van der Waals surface area contributed by atoms with Crippen LogP contribution < -0.4 is 20.5 Å². The summed E-state index contributed by atoms with van der Waals surface area (Å²) in [4.78, 5) is 12.1. The lowest BCUT2D eigenvalue weighted by molar-refractivity contribution is -0.122. The van der Waals surface area contributed by atoms with Gasteiger partial charge in [-0.1, -0.05) is 12.8 Å². The van der Waals surface area contributed by atoms with Crippen LogP contribution in [0.2, 0.25) is 0 Å². The molecule has 0 aliphatic heterocycles. The van der Waals surface area contributed by atoms with Crippen LogP contribution in [0.4, 0.5) is 0 Å². The molecule has 0 bridgehead atoms. The van der Waals surface area contributed by atoms with Crippen molar-refractivity contribution in [1.29, 1.82) is 0 Å². The molecule has 1 amide bonds. The van der Waals surface area contributed by atoms with E-state index in [-0.39, 0.29) is 24.4 Å². The van der Waals surface area contributed by atoms with Crippen LogP contribution in [0.1, 0.15) is 37.7 Å². The minimum atomic E-state index is 0. The Balaban J connectivity index is 0.00000264. The van der Waals surface area contributed by atoms with E-state index in [2.05, 4.69) is 5.32 Å². The molecule has 1 fully saturated rings. The fourth-order valence-corrected chi connectivity index (χ4v) is 2.99. The molecular formula is C17H27ClN2O3. The zero-order valence-corrected chi connectivity index (χ0v) is 14.7. The highest BCUT2D eigenvalue weighted by Gasteiger charge is 2.24. The van der Waals surface area contributed by atoms with Crippen LogP contribution >= 0.6 is 12.4 Å². The molecule has 2 atom stereocenters. The van der Waals surface area contributed by atoms with E-state index in [1.807, 2.05) is 18.2 Å². The molecule has 0 radical (unpaired) electrons. The van der Waals surface area contributed by atoms with Gasteiger partial charge in [0.05, 0.1) is 14.2 Å². The van der Waals surface area contributed by atoms with Gasteiger partial charge in [0.1, 0.15) is 11.5 Å². The first-order valence-corrected chi connectivity index (χ1v) is 7.87. The molecule has 1 aromatic carbocycles. The summed E-state index contributed by atoms with van der Waals surface area (Å²) in [5.74, 6) is 1.82. The monoisotopic (exact) mass is 342 g/mol. The number of hydrogen-bond acceptors (Lipinski definition) is 4. The Kier molecular flexibility index (Phi) is 8.20. The number of amides is 1. The molecule has 0 spiro atoms. The summed E-state index contributed by atoms with van der Waals surface area (Å²) in [6.07, 6.45) is 4.96. The normalized spacial score (nSPS) is 20.3. The van der Waals surface area contributed by atoms with Gasteiger partial charge in [-0.05, 0) is 30.9 Å². The zero-order valence-electron chi connectivity index (χ0n) is 13.8. The van der Waals surface area contributed by atoms with Crippen LogP contribution in [0.3, 0.4) is 0 Å². The van der Waals surface area contributed by atoms with Gasteiger partial charge in [0.15, 0.2) is 0 Å². The van der Waals surface area contributed by atoms with E-state index in [0.29, 0.717) is 24.6 Å². The van der Waals surface area contributed by atoms with E-state index >= 15 is 0 Å². The summed E-state index contributed by atoms with van der Waals surface area (Å²) < 4.78 is 10.5. The number of hydrogen-bond donors (Lipinski definition) is 2. The van der Waals surface area contributed by atoms with Crippen LogP contribution in [-0.4, -0.2) is 26.2 Å². The third-order valence-corrected chi connectivity index (χ3v) is 4.39. The van der Waals surface area contributed by atoms with Gasteiger partial charge < -0.3 is 20.5 Å². The fraction of sp³-hybridized carbons (Fsp3) is 0.588. The molecule has 1 aliphatic rings. The second-order valence-electron chi connectivity index (χ2n) is 5.87. The first-order chi connectivity index (χ1) is 10.6. The van der Waals surface area contributed by atoms with Gasteiger partial charge in [0.2, 0.25) is 5.91 Å². The van der Waals surface area contributed by atoms with Crippen LogP contribution in [0.5, 0.6) is 11.5 Å². The predicted molar refractivity (Wildman–Crippen MR) is 93.2 cm³/mol. The second kappa shape index (κ2) is 9.63. The van der Waals surface area contributed by atoms with Crippen LogP contribution in [0.15, 0.2) is 18.2 Å². The Morgan fingerprint density at radius 1 is 1.26 bits per heavy atom. The number of carbonyl (C=O) groups excluding carboxylic acids is 1. The Hall–Kier alpha value is -1.46. The fourth-order valence-electron chi connectivity index (χ4n) is 2.99. The zero-order chi connectivity index (χ0) is 15.9. The van der Waals surface area contributed by atoms with Crippen molar-refractivity contribution in [3.63, 3.8) is 0 Å². The molecule has 23 heavy (non-hydrogen) atoms. The van der Waals surface area contributed by atoms with Crippen molar-refractivity contribution in [1.82, 2.24) is 5.32 Å². The predicted octanol–water partition coefficient (Wildman–Crippen LogP) is 2.65. The molecule has 2 rings (SSSR count). The van der Waals surface area contributed by atoms with Gasteiger partial charge in [-0.15, -0.1) is 12.4 Å². The summed E-state index contributed by atoms with van der Waals surface area (Å²) in [6.45, 7) is 0.452. The molecule has 0 heterocycles. The topological polar surface area (TPSA) is 73.6 Å². The third-order valence-electron chi connectivity index (χ3n) is 4.39. The van der Waals surface area contributed by atoms with Crippen LogP contribution in [-0.2, 0) is 11.3 Å². The minimum absolute atomic E-state index is 0. The molecule has 1 aliphatic carbocycles. The van der Waals surface area contributed by atoms with Crippen molar-refractivity contribution >= 4 is 18.3 Å². The molecule has 0 aromatic heterocycles.